The highest BCUT2D eigenvalue weighted by molar-refractivity contribution is 6.16. The van der Waals surface area contributed by atoms with Crippen molar-refractivity contribution >= 4 is 17.6 Å². The first-order valence-corrected chi connectivity index (χ1v) is 4.34. The molecule has 0 saturated carbocycles. The van der Waals surface area contributed by atoms with Crippen LogP contribution in [0.4, 0.5) is 8.78 Å². The number of nitrogens with one attached hydrogen (secondary N) is 1. The molecular formula is C8H6ClF2NO3. The van der Waals surface area contributed by atoms with Crippen molar-refractivity contribution < 1.29 is 18.7 Å². The molecular weight excluding hydrogens is 232 g/mol. The van der Waals surface area contributed by atoms with Gasteiger partial charge in [-0.1, -0.05) is 0 Å². The zero-order valence-corrected chi connectivity index (χ0v) is 8.02. The third-order valence-electron chi connectivity index (χ3n) is 1.70. The van der Waals surface area contributed by atoms with Crippen molar-refractivity contribution in [1.29, 1.82) is 0 Å². The summed E-state index contributed by atoms with van der Waals surface area (Å²) in [6, 6.07) is 0.862. The number of H-pyrrole nitrogens is 1. The summed E-state index contributed by atoms with van der Waals surface area (Å²) in [7, 11) is 0. The molecule has 1 aromatic heterocycles. The fourth-order valence-electron chi connectivity index (χ4n) is 1.08. The Balaban J connectivity index is 3.50. The standard InChI is InChI=1S/C8H6ClF2NO3/c9-2-3-1-4(13)5(7(10)11)6(12-3)8(14)15/h1,7H,2H2,(H,12,13)(H,14,15). The van der Waals surface area contributed by atoms with Crippen molar-refractivity contribution in [3.63, 3.8) is 0 Å². The van der Waals surface area contributed by atoms with Gasteiger partial charge in [-0.2, -0.15) is 0 Å². The van der Waals surface area contributed by atoms with Gasteiger partial charge in [0.05, 0.1) is 11.4 Å². The molecule has 0 aliphatic carbocycles. The van der Waals surface area contributed by atoms with E-state index in [1.54, 1.807) is 0 Å². The van der Waals surface area contributed by atoms with E-state index < -0.39 is 29.1 Å². The molecule has 0 aliphatic heterocycles. The van der Waals surface area contributed by atoms with Crippen LogP contribution in [0.2, 0.25) is 0 Å². The Morgan fingerprint density at radius 3 is 2.60 bits per heavy atom. The Morgan fingerprint density at radius 1 is 1.60 bits per heavy atom. The second-order valence-corrected chi connectivity index (χ2v) is 2.95. The molecule has 0 unspecified atom stereocenters. The first kappa shape index (κ1) is 11.6. The van der Waals surface area contributed by atoms with Crippen LogP contribution in [0, 0.1) is 0 Å². The van der Waals surface area contributed by atoms with Gasteiger partial charge in [0.15, 0.2) is 5.43 Å². The van der Waals surface area contributed by atoms with Crippen molar-refractivity contribution in [2.75, 3.05) is 0 Å². The van der Waals surface area contributed by atoms with Gasteiger partial charge >= 0.3 is 5.97 Å². The molecule has 0 atom stereocenters. The Morgan fingerprint density at radius 2 is 2.20 bits per heavy atom. The summed E-state index contributed by atoms with van der Waals surface area (Å²) in [5.41, 5.74) is -2.80. The molecule has 0 spiro atoms. The summed E-state index contributed by atoms with van der Waals surface area (Å²) in [5, 5.41) is 8.61. The number of halogens is 3. The molecule has 82 valence electrons. The highest BCUT2D eigenvalue weighted by Gasteiger charge is 2.22. The molecule has 4 nitrogen and oxygen atoms in total. The quantitative estimate of drug-likeness (QED) is 0.787. The van der Waals surface area contributed by atoms with E-state index in [0.29, 0.717) is 0 Å². The third kappa shape index (κ3) is 2.33. The SMILES string of the molecule is O=C(O)c1[nH]c(CCl)cc(=O)c1C(F)F. The summed E-state index contributed by atoms with van der Waals surface area (Å²) in [6.07, 6.45) is -3.13. The van der Waals surface area contributed by atoms with Gasteiger partial charge in [0.2, 0.25) is 0 Å². The molecule has 0 fully saturated rings. The van der Waals surface area contributed by atoms with Crippen LogP contribution in [0.15, 0.2) is 10.9 Å². The van der Waals surface area contributed by atoms with E-state index in [4.69, 9.17) is 16.7 Å². The first-order chi connectivity index (χ1) is 6.97. The van der Waals surface area contributed by atoms with Gasteiger partial charge in [-0.25, -0.2) is 13.6 Å². The maximum absolute atomic E-state index is 12.4. The number of aromatic nitrogens is 1. The average Bonchev–Trinajstić information content (AvgIpc) is 2.15. The predicted molar refractivity (Wildman–Crippen MR) is 48.5 cm³/mol. The molecule has 0 bridgehead atoms. The van der Waals surface area contributed by atoms with Crippen molar-refractivity contribution in [3.8, 4) is 0 Å². The molecule has 0 aliphatic rings. The number of aromatic amines is 1. The smallest absolute Gasteiger partial charge is 0.352 e. The highest BCUT2D eigenvalue weighted by atomic mass is 35.5. The zero-order chi connectivity index (χ0) is 11.6. The highest BCUT2D eigenvalue weighted by Crippen LogP contribution is 2.18. The molecule has 1 rings (SSSR count). The number of carbonyl (C=O) groups is 1. The molecule has 1 aromatic rings. The lowest BCUT2D eigenvalue weighted by Crippen LogP contribution is -2.19. The fraction of sp³-hybridized carbons (Fsp3) is 0.250. The second-order valence-electron chi connectivity index (χ2n) is 2.69. The van der Waals surface area contributed by atoms with Gasteiger partial charge in [0.1, 0.15) is 5.69 Å². The van der Waals surface area contributed by atoms with Crippen LogP contribution in [0.3, 0.4) is 0 Å². The minimum Gasteiger partial charge on any atom is -0.477 e. The van der Waals surface area contributed by atoms with Crippen LogP contribution in [0.5, 0.6) is 0 Å². The topological polar surface area (TPSA) is 70.2 Å². The predicted octanol–water partition coefficient (Wildman–Crippen LogP) is 1.75. The van der Waals surface area contributed by atoms with Gasteiger partial charge in [-0.05, 0) is 0 Å². The van der Waals surface area contributed by atoms with Crippen LogP contribution in [-0.2, 0) is 5.88 Å². The Bertz CT molecular complexity index is 444. The van der Waals surface area contributed by atoms with E-state index in [1.165, 1.54) is 0 Å². The molecule has 2 N–H and O–H groups in total. The van der Waals surface area contributed by atoms with Gasteiger partial charge in [-0.15, -0.1) is 11.6 Å². The Hall–Kier alpha value is -1.43. The summed E-state index contributed by atoms with van der Waals surface area (Å²) in [5.74, 6) is -1.77. The van der Waals surface area contributed by atoms with Crippen LogP contribution in [0.25, 0.3) is 0 Å². The summed E-state index contributed by atoms with van der Waals surface area (Å²) in [6.45, 7) is 0. The Labute approximate surface area is 87.5 Å². The van der Waals surface area contributed by atoms with E-state index in [1.807, 2.05) is 0 Å². The van der Waals surface area contributed by atoms with E-state index in [-0.39, 0.29) is 11.6 Å². The van der Waals surface area contributed by atoms with E-state index >= 15 is 0 Å². The number of hydrogen-bond acceptors (Lipinski definition) is 2. The van der Waals surface area contributed by atoms with Gasteiger partial charge in [0.25, 0.3) is 6.43 Å². The third-order valence-corrected chi connectivity index (χ3v) is 1.99. The molecule has 0 aromatic carbocycles. The number of alkyl halides is 3. The zero-order valence-electron chi connectivity index (χ0n) is 7.26. The fourth-order valence-corrected chi connectivity index (χ4v) is 1.22. The Kier molecular flexibility index (Phi) is 3.41. The van der Waals surface area contributed by atoms with Crippen molar-refractivity contribution in [2.24, 2.45) is 0 Å². The maximum atomic E-state index is 12.4. The van der Waals surface area contributed by atoms with Gasteiger partial charge < -0.3 is 10.1 Å². The van der Waals surface area contributed by atoms with Crippen LogP contribution in [0.1, 0.15) is 28.2 Å². The lowest BCUT2D eigenvalue weighted by atomic mass is 10.1. The van der Waals surface area contributed by atoms with Crippen molar-refractivity contribution in [1.82, 2.24) is 4.98 Å². The van der Waals surface area contributed by atoms with Crippen molar-refractivity contribution in [3.05, 3.63) is 33.2 Å². The van der Waals surface area contributed by atoms with Crippen LogP contribution in [-0.4, -0.2) is 16.1 Å². The molecule has 7 heteroatoms. The van der Waals surface area contributed by atoms with Gasteiger partial charge in [-0.3, -0.25) is 4.79 Å². The number of carboxylic acids is 1. The normalized spacial score (nSPS) is 10.7. The monoisotopic (exact) mass is 237 g/mol. The van der Waals surface area contributed by atoms with E-state index in [9.17, 15) is 18.4 Å². The largest absolute Gasteiger partial charge is 0.477 e. The lowest BCUT2D eigenvalue weighted by Gasteiger charge is -2.05. The van der Waals surface area contributed by atoms with Gasteiger partial charge in [0, 0.05) is 11.8 Å². The minimum absolute atomic E-state index is 0.0865. The first-order valence-electron chi connectivity index (χ1n) is 3.81. The van der Waals surface area contributed by atoms with Crippen LogP contribution >= 0.6 is 11.6 Å². The number of aromatic carboxylic acids is 1. The van der Waals surface area contributed by atoms with E-state index in [0.717, 1.165) is 6.07 Å². The molecule has 15 heavy (non-hydrogen) atoms. The maximum Gasteiger partial charge on any atom is 0.352 e. The second kappa shape index (κ2) is 4.39. The van der Waals surface area contributed by atoms with Crippen LogP contribution < -0.4 is 5.43 Å². The number of carboxylic acid groups (broad SMARTS) is 1. The molecule has 1 heterocycles. The van der Waals surface area contributed by atoms with E-state index in [2.05, 4.69) is 4.98 Å². The summed E-state index contributed by atoms with van der Waals surface area (Å²) in [4.78, 5) is 23.9. The lowest BCUT2D eigenvalue weighted by molar-refractivity contribution is 0.0676. The number of rotatable bonds is 3. The number of pyridine rings is 1. The summed E-state index contributed by atoms with van der Waals surface area (Å²) < 4.78 is 24.7. The number of hydrogen-bond donors (Lipinski definition) is 2. The minimum atomic E-state index is -3.13. The summed E-state index contributed by atoms with van der Waals surface area (Å²) >= 11 is 5.36. The molecule has 0 radical (unpaired) electrons. The molecule has 0 saturated heterocycles. The average molecular weight is 238 g/mol. The van der Waals surface area contributed by atoms with Crippen molar-refractivity contribution in [2.45, 2.75) is 12.3 Å². The molecule has 0 amide bonds.